The highest BCUT2D eigenvalue weighted by Crippen LogP contribution is 2.22. The highest BCUT2D eigenvalue weighted by molar-refractivity contribution is 5.76. The molecule has 0 saturated carbocycles. The number of rotatable bonds is 8. The summed E-state index contributed by atoms with van der Waals surface area (Å²) in [6.45, 7) is 0.352. The molecular formula is C17H16N6O4. The first kappa shape index (κ1) is 18.0. The molecule has 1 aromatic carbocycles. The number of carbonyl (C=O) groups excluding carboxylic acids is 1. The second kappa shape index (κ2) is 8.52. The third kappa shape index (κ3) is 4.84. The summed E-state index contributed by atoms with van der Waals surface area (Å²) < 4.78 is 5.10. The van der Waals surface area contributed by atoms with Gasteiger partial charge in [0.05, 0.1) is 11.5 Å². The van der Waals surface area contributed by atoms with E-state index in [-0.39, 0.29) is 37.0 Å². The molecule has 3 rings (SSSR count). The Labute approximate surface area is 153 Å². The molecule has 0 saturated heterocycles. The maximum atomic E-state index is 11.9. The molecule has 0 radical (unpaired) electrons. The number of nitro groups is 1. The summed E-state index contributed by atoms with van der Waals surface area (Å²) in [5.74, 6) is 0.450. The van der Waals surface area contributed by atoms with Gasteiger partial charge in [-0.3, -0.25) is 19.9 Å². The van der Waals surface area contributed by atoms with E-state index in [1.54, 1.807) is 42.7 Å². The summed E-state index contributed by atoms with van der Waals surface area (Å²) in [4.78, 5) is 30.5. The van der Waals surface area contributed by atoms with Crippen LogP contribution < -0.4 is 10.6 Å². The lowest BCUT2D eigenvalue weighted by atomic mass is 10.2. The van der Waals surface area contributed by atoms with Crippen LogP contribution in [0.5, 0.6) is 0 Å². The maximum Gasteiger partial charge on any atom is 0.292 e. The molecule has 0 spiro atoms. The van der Waals surface area contributed by atoms with E-state index in [1.807, 2.05) is 0 Å². The first-order valence-electron chi connectivity index (χ1n) is 8.10. The minimum atomic E-state index is -0.474. The van der Waals surface area contributed by atoms with Gasteiger partial charge in [-0.05, 0) is 18.2 Å². The first-order valence-corrected chi connectivity index (χ1v) is 8.10. The average Bonchev–Trinajstić information content (AvgIpc) is 3.16. The van der Waals surface area contributed by atoms with Gasteiger partial charge in [0.25, 0.3) is 5.69 Å². The van der Waals surface area contributed by atoms with Crippen molar-refractivity contribution in [2.24, 2.45) is 0 Å². The van der Waals surface area contributed by atoms with E-state index >= 15 is 0 Å². The minimum Gasteiger partial charge on any atom is -0.379 e. The fourth-order valence-corrected chi connectivity index (χ4v) is 2.30. The number of benzene rings is 1. The van der Waals surface area contributed by atoms with Crippen LogP contribution in [-0.4, -0.2) is 32.5 Å². The molecule has 2 heterocycles. The van der Waals surface area contributed by atoms with Gasteiger partial charge in [0.1, 0.15) is 5.69 Å². The Morgan fingerprint density at radius 2 is 1.96 bits per heavy atom. The zero-order chi connectivity index (χ0) is 19.1. The lowest BCUT2D eigenvalue weighted by Crippen LogP contribution is -2.25. The van der Waals surface area contributed by atoms with Crippen molar-refractivity contribution in [1.82, 2.24) is 20.4 Å². The topological polar surface area (TPSA) is 136 Å². The van der Waals surface area contributed by atoms with Crippen molar-refractivity contribution in [3.05, 3.63) is 64.8 Å². The van der Waals surface area contributed by atoms with Gasteiger partial charge in [-0.25, -0.2) is 0 Å². The van der Waals surface area contributed by atoms with Crippen LogP contribution in [-0.2, 0) is 11.3 Å². The van der Waals surface area contributed by atoms with E-state index in [2.05, 4.69) is 25.8 Å². The molecule has 1 amide bonds. The van der Waals surface area contributed by atoms with Crippen molar-refractivity contribution in [2.75, 3.05) is 11.9 Å². The van der Waals surface area contributed by atoms with Gasteiger partial charge in [0, 0.05) is 37.0 Å². The number of nitro benzene ring substituents is 1. The summed E-state index contributed by atoms with van der Waals surface area (Å²) in [5, 5.41) is 20.3. The van der Waals surface area contributed by atoms with Crippen LogP contribution in [0.3, 0.4) is 0 Å². The predicted molar refractivity (Wildman–Crippen MR) is 95.6 cm³/mol. The average molecular weight is 368 g/mol. The summed E-state index contributed by atoms with van der Waals surface area (Å²) in [5.41, 5.74) is 1.10. The summed E-state index contributed by atoms with van der Waals surface area (Å²) >= 11 is 0. The third-order valence-corrected chi connectivity index (χ3v) is 3.61. The molecule has 0 fully saturated rings. The second-order valence-corrected chi connectivity index (χ2v) is 5.48. The smallest absolute Gasteiger partial charge is 0.292 e. The Balaban J connectivity index is 1.46. The van der Waals surface area contributed by atoms with E-state index < -0.39 is 4.92 Å². The highest BCUT2D eigenvalue weighted by Gasteiger charge is 2.13. The lowest BCUT2D eigenvalue weighted by molar-refractivity contribution is -0.384. The van der Waals surface area contributed by atoms with Gasteiger partial charge in [0.15, 0.2) is 0 Å². The Hall–Kier alpha value is -3.82. The predicted octanol–water partition coefficient (Wildman–Crippen LogP) is 2.16. The van der Waals surface area contributed by atoms with Crippen molar-refractivity contribution in [3.8, 4) is 11.4 Å². The lowest BCUT2D eigenvalue weighted by Gasteiger charge is -2.06. The fraction of sp³-hybridized carbons (Fsp3) is 0.176. The van der Waals surface area contributed by atoms with Gasteiger partial charge in [-0.15, -0.1) is 0 Å². The third-order valence-electron chi connectivity index (χ3n) is 3.61. The second-order valence-electron chi connectivity index (χ2n) is 5.48. The van der Waals surface area contributed by atoms with Gasteiger partial charge < -0.3 is 15.2 Å². The van der Waals surface area contributed by atoms with Crippen LogP contribution in [0.25, 0.3) is 11.4 Å². The van der Waals surface area contributed by atoms with Crippen molar-refractivity contribution < 1.29 is 14.2 Å². The number of anilines is 1. The standard InChI is InChI=1S/C17H16N6O4/c24-15(7-10-19-13-3-1-2-4-14(13)23(25)26)20-11-16-21-17(22-27-16)12-5-8-18-9-6-12/h1-6,8-9,19H,7,10-11H2,(H,20,24). The molecule has 2 N–H and O–H groups in total. The van der Waals surface area contributed by atoms with Crippen LogP contribution in [0.15, 0.2) is 53.3 Å². The SMILES string of the molecule is O=C(CCNc1ccccc1[N+](=O)[O-])NCc1nc(-c2ccncc2)no1. The number of para-hydroxylation sites is 2. The van der Waals surface area contributed by atoms with E-state index in [0.717, 1.165) is 5.56 Å². The number of amides is 1. The molecule has 10 heteroatoms. The molecule has 2 aromatic heterocycles. The minimum absolute atomic E-state index is 0.0348. The van der Waals surface area contributed by atoms with Crippen molar-refractivity contribution in [2.45, 2.75) is 13.0 Å². The zero-order valence-corrected chi connectivity index (χ0v) is 14.2. The number of hydrogen-bond donors (Lipinski definition) is 2. The molecule has 0 aliphatic heterocycles. The van der Waals surface area contributed by atoms with Crippen molar-refractivity contribution in [1.29, 1.82) is 0 Å². The Morgan fingerprint density at radius 1 is 1.19 bits per heavy atom. The van der Waals surface area contributed by atoms with Gasteiger partial charge in [-0.2, -0.15) is 4.98 Å². The number of hydrogen-bond acceptors (Lipinski definition) is 8. The number of pyridine rings is 1. The van der Waals surface area contributed by atoms with Crippen LogP contribution in [0, 0.1) is 10.1 Å². The molecule has 138 valence electrons. The largest absolute Gasteiger partial charge is 0.379 e. The molecular weight excluding hydrogens is 352 g/mol. The molecule has 0 bridgehead atoms. The fourth-order valence-electron chi connectivity index (χ4n) is 2.30. The van der Waals surface area contributed by atoms with Crippen LogP contribution in [0.2, 0.25) is 0 Å². The van der Waals surface area contributed by atoms with E-state index in [0.29, 0.717) is 11.5 Å². The van der Waals surface area contributed by atoms with Crippen LogP contribution in [0.4, 0.5) is 11.4 Å². The first-order chi connectivity index (χ1) is 13.1. The molecule has 3 aromatic rings. The number of nitrogens with one attached hydrogen (secondary N) is 2. The Kier molecular flexibility index (Phi) is 5.67. The highest BCUT2D eigenvalue weighted by atomic mass is 16.6. The summed E-state index contributed by atoms with van der Waals surface area (Å²) in [6.07, 6.45) is 3.38. The van der Waals surface area contributed by atoms with Gasteiger partial charge >= 0.3 is 0 Å². The van der Waals surface area contributed by atoms with Crippen LogP contribution >= 0.6 is 0 Å². The molecule has 0 aliphatic rings. The molecule has 0 aliphatic carbocycles. The molecule has 10 nitrogen and oxygen atoms in total. The van der Waals surface area contributed by atoms with Gasteiger partial charge in [0.2, 0.25) is 17.6 Å². The van der Waals surface area contributed by atoms with E-state index in [4.69, 9.17) is 4.52 Å². The monoisotopic (exact) mass is 368 g/mol. The zero-order valence-electron chi connectivity index (χ0n) is 14.2. The quantitative estimate of drug-likeness (QED) is 0.456. The normalized spacial score (nSPS) is 10.4. The van der Waals surface area contributed by atoms with E-state index in [9.17, 15) is 14.9 Å². The Morgan fingerprint density at radius 3 is 2.74 bits per heavy atom. The molecule has 27 heavy (non-hydrogen) atoms. The number of aromatic nitrogens is 3. The molecule has 0 unspecified atom stereocenters. The molecule has 0 atom stereocenters. The number of nitrogens with zero attached hydrogens (tertiary/aromatic N) is 4. The van der Waals surface area contributed by atoms with Gasteiger partial charge in [-0.1, -0.05) is 17.3 Å². The Bertz CT molecular complexity index is 928. The van der Waals surface area contributed by atoms with Crippen molar-refractivity contribution in [3.63, 3.8) is 0 Å². The number of carbonyl (C=O) groups is 1. The van der Waals surface area contributed by atoms with Crippen molar-refractivity contribution >= 4 is 17.3 Å². The summed E-state index contributed by atoms with van der Waals surface area (Å²) in [6, 6.07) is 9.77. The maximum absolute atomic E-state index is 11.9. The van der Waals surface area contributed by atoms with E-state index in [1.165, 1.54) is 6.07 Å². The van der Waals surface area contributed by atoms with Crippen LogP contribution in [0.1, 0.15) is 12.3 Å². The summed E-state index contributed by atoms with van der Waals surface area (Å²) in [7, 11) is 0.